The first kappa shape index (κ1) is 20.2. The van der Waals surface area contributed by atoms with E-state index in [1.807, 2.05) is 33.8 Å². The van der Waals surface area contributed by atoms with Gasteiger partial charge in [-0.05, 0) is 69.7 Å². The molecule has 0 aromatic heterocycles. The van der Waals surface area contributed by atoms with Crippen LogP contribution in [0.5, 0.6) is 0 Å². The zero-order valence-electron chi connectivity index (χ0n) is 16.3. The SMILES string of the molecule is CC(=O)Nc1ccc(C)c(NC(=O)c2ccc(C(=O)NC(C)(C)C)cc2)c1. The molecule has 2 aromatic carbocycles. The monoisotopic (exact) mass is 367 g/mol. The van der Waals surface area contributed by atoms with Gasteiger partial charge in [0.15, 0.2) is 0 Å². The van der Waals surface area contributed by atoms with Crippen LogP contribution in [0.3, 0.4) is 0 Å². The Morgan fingerprint density at radius 2 is 1.37 bits per heavy atom. The van der Waals surface area contributed by atoms with Crippen molar-refractivity contribution in [3.8, 4) is 0 Å². The largest absolute Gasteiger partial charge is 0.347 e. The Morgan fingerprint density at radius 3 is 1.89 bits per heavy atom. The van der Waals surface area contributed by atoms with Crippen LogP contribution in [0, 0.1) is 6.92 Å². The average molecular weight is 367 g/mol. The van der Waals surface area contributed by atoms with Gasteiger partial charge in [0.2, 0.25) is 5.91 Å². The van der Waals surface area contributed by atoms with Crippen LogP contribution in [0.25, 0.3) is 0 Å². The zero-order valence-corrected chi connectivity index (χ0v) is 16.3. The molecule has 3 amide bonds. The maximum Gasteiger partial charge on any atom is 0.255 e. The summed E-state index contributed by atoms with van der Waals surface area (Å²) in [7, 11) is 0. The van der Waals surface area contributed by atoms with E-state index in [-0.39, 0.29) is 23.3 Å². The van der Waals surface area contributed by atoms with Gasteiger partial charge in [-0.25, -0.2) is 0 Å². The molecular formula is C21H25N3O3. The van der Waals surface area contributed by atoms with Crippen LogP contribution in [-0.4, -0.2) is 23.3 Å². The van der Waals surface area contributed by atoms with E-state index in [1.165, 1.54) is 6.92 Å². The van der Waals surface area contributed by atoms with Crippen LogP contribution in [0.15, 0.2) is 42.5 Å². The van der Waals surface area contributed by atoms with E-state index in [0.717, 1.165) is 5.56 Å². The Kier molecular flexibility index (Phi) is 6.00. The zero-order chi connectivity index (χ0) is 20.2. The second-order valence-corrected chi connectivity index (χ2v) is 7.45. The Labute approximate surface area is 159 Å². The Hall–Kier alpha value is -3.15. The summed E-state index contributed by atoms with van der Waals surface area (Å²) >= 11 is 0. The number of carbonyl (C=O) groups is 3. The minimum Gasteiger partial charge on any atom is -0.347 e. The molecule has 27 heavy (non-hydrogen) atoms. The van der Waals surface area contributed by atoms with Crippen molar-refractivity contribution in [2.24, 2.45) is 0 Å². The van der Waals surface area contributed by atoms with E-state index in [0.29, 0.717) is 22.5 Å². The second-order valence-electron chi connectivity index (χ2n) is 7.45. The van der Waals surface area contributed by atoms with Crippen molar-refractivity contribution >= 4 is 29.1 Å². The third-order valence-electron chi connectivity index (χ3n) is 3.70. The number of benzene rings is 2. The van der Waals surface area contributed by atoms with Crippen molar-refractivity contribution in [1.82, 2.24) is 5.32 Å². The summed E-state index contributed by atoms with van der Waals surface area (Å²) in [6, 6.07) is 11.8. The third-order valence-corrected chi connectivity index (χ3v) is 3.70. The molecule has 3 N–H and O–H groups in total. The summed E-state index contributed by atoms with van der Waals surface area (Å²) in [5.74, 6) is -0.658. The summed E-state index contributed by atoms with van der Waals surface area (Å²) in [5, 5.41) is 8.40. The van der Waals surface area contributed by atoms with E-state index in [9.17, 15) is 14.4 Å². The molecule has 2 aromatic rings. The number of hydrogen-bond acceptors (Lipinski definition) is 3. The molecule has 0 aliphatic carbocycles. The standard InChI is InChI=1S/C21H25N3O3/c1-13-6-11-17(22-14(2)25)12-18(13)23-19(26)15-7-9-16(10-8-15)20(27)24-21(3,4)5/h6-12H,1-5H3,(H,22,25)(H,23,26)(H,24,27). The van der Waals surface area contributed by atoms with E-state index in [4.69, 9.17) is 0 Å². The molecule has 142 valence electrons. The van der Waals surface area contributed by atoms with E-state index in [1.54, 1.807) is 36.4 Å². The van der Waals surface area contributed by atoms with Crippen LogP contribution >= 0.6 is 0 Å². The normalized spacial score (nSPS) is 10.9. The van der Waals surface area contributed by atoms with Crippen molar-refractivity contribution < 1.29 is 14.4 Å². The molecule has 6 nitrogen and oxygen atoms in total. The second kappa shape index (κ2) is 8.03. The predicted octanol–water partition coefficient (Wildman–Crippen LogP) is 3.73. The molecule has 0 fully saturated rings. The highest BCUT2D eigenvalue weighted by Crippen LogP contribution is 2.21. The molecule has 0 bridgehead atoms. The van der Waals surface area contributed by atoms with Crippen molar-refractivity contribution in [2.45, 2.75) is 40.2 Å². The minimum atomic E-state index is -0.330. The van der Waals surface area contributed by atoms with E-state index in [2.05, 4.69) is 16.0 Å². The quantitative estimate of drug-likeness (QED) is 0.769. The fourth-order valence-electron chi connectivity index (χ4n) is 2.42. The Balaban J connectivity index is 2.12. The summed E-state index contributed by atoms with van der Waals surface area (Å²) in [4.78, 5) is 35.9. The predicted molar refractivity (Wildman–Crippen MR) is 107 cm³/mol. The number of nitrogens with one attached hydrogen (secondary N) is 3. The van der Waals surface area contributed by atoms with Crippen LogP contribution < -0.4 is 16.0 Å². The molecule has 0 unspecified atom stereocenters. The number of amides is 3. The molecular weight excluding hydrogens is 342 g/mol. The summed E-state index contributed by atoms with van der Waals surface area (Å²) < 4.78 is 0. The van der Waals surface area contributed by atoms with Gasteiger partial charge in [-0.3, -0.25) is 14.4 Å². The Bertz CT molecular complexity index is 865. The molecule has 0 heterocycles. The number of hydrogen-bond donors (Lipinski definition) is 3. The topological polar surface area (TPSA) is 87.3 Å². The number of carbonyl (C=O) groups excluding carboxylic acids is 3. The van der Waals surface area contributed by atoms with Gasteiger partial charge in [0.1, 0.15) is 0 Å². The maximum absolute atomic E-state index is 12.5. The number of rotatable bonds is 4. The van der Waals surface area contributed by atoms with Crippen LogP contribution in [0.2, 0.25) is 0 Å². The van der Waals surface area contributed by atoms with Crippen LogP contribution in [0.4, 0.5) is 11.4 Å². The van der Waals surface area contributed by atoms with Crippen LogP contribution in [0.1, 0.15) is 54.0 Å². The van der Waals surface area contributed by atoms with Gasteiger partial charge in [-0.2, -0.15) is 0 Å². The Morgan fingerprint density at radius 1 is 0.815 bits per heavy atom. The lowest BCUT2D eigenvalue weighted by atomic mass is 10.1. The first-order valence-corrected chi connectivity index (χ1v) is 8.67. The first-order valence-electron chi connectivity index (χ1n) is 8.67. The highest BCUT2D eigenvalue weighted by Gasteiger charge is 2.16. The number of aryl methyl sites for hydroxylation is 1. The summed E-state index contributed by atoms with van der Waals surface area (Å²) in [5.41, 5.74) is 2.69. The van der Waals surface area contributed by atoms with Crippen molar-refractivity contribution in [3.05, 3.63) is 59.2 Å². The third kappa shape index (κ3) is 5.95. The highest BCUT2D eigenvalue weighted by molar-refractivity contribution is 6.06. The smallest absolute Gasteiger partial charge is 0.255 e. The van der Waals surface area contributed by atoms with E-state index >= 15 is 0 Å². The molecule has 0 aliphatic rings. The minimum absolute atomic E-state index is 0.180. The van der Waals surface area contributed by atoms with Crippen LogP contribution in [-0.2, 0) is 4.79 Å². The molecule has 0 atom stereocenters. The lowest BCUT2D eigenvalue weighted by Gasteiger charge is -2.20. The van der Waals surface area contributed by atoms with Gasteiger partial charge in [0, 0.05) is 35.0 Å². The average Bonchev–Trinajstić information content (AvgIpc) is 2.56. The maximum atomic E-state index is 12.5. The molecule has 6 heteroatoms. The fraction of sp³-hybridized carbons (Fsp3) is 0.286. The fourth-order valence-corrected chi connectivity index (χ4v) is 2.42. The molecule has 0 saturated heterocycles. The highest BCUT2D eigenvalue weighted by atomic mass is 16.2. The summed E-state index contributed by atoms with van der Waals surface area (Å²) in [6.45, 7) is 9.01. The van der Waals surface area contributed by atoms with Gasteiger partial charge >= 0.3 is 0 Å². The van der Waals surface area contributed by atoms with Crippen molar-refractivity contribution in [3.63, 3.8) is 0 Å². The van der Waals surface area contributed by atoms with E-state index < -0.39 is 0 Å². The molecule has 0 aliphatic heterocycles. The molecule has 0 radical (unpaired) electrons. The molecule has 0 saturated carbocycles. The van der Waals surface area contributed by atoms with Gasteiger partial charge in [-0.1, -0.05) is 6.07 Å². The first-order chi connectivity index (χ1) is 12.5. The summed E-state index contributed by atoms with van der Waals surface area (Å²) in [6.07, 6.45) is 0. The van der Waals surface area contributed by atoms with Gasteiger partial charge in [0.05, 0.1) is 0 Å². The lowest BCUT2D eigenvalue weighted by molar-refractivity contribution is -0.114. The lowest BCUT2D eigenvalue weighted by Crippen LogP contribution is -2.40. The molecule has 2 rings (SSSR count). The van der Waals surface area contributed by atoms with Gasteiger partial charge < -0.3 is 16.0 Å². The van der Waals surface area contributed by atoms with Crippen molar-refractivity contribution in [2.75, 3.05) is 10.6 Å². The number of anilines is 2. The van der Waals surface area contributed by atoms with Gasteiger partial charge in [-0.15, -0.1) is 0 Å². The van der Waals surface area contributed by atoms with Gasteiger partial charge in [0.25, 0.3) is 11.8 Å². The molecule has 0 spiro atoms. The van der Waals surface area contributed by atoms with Crippen molar-refractivity contribution in [1.29, 1.82) is 0 Å².